The number of nitrogens with zero attached hydrogens (tertiary/aromatic N) is 1. The molecule has 33 heavy (non-hydrogen) atoms. The Labute approximate surface area is 204 Å². The Hall–Kier alpha value is -2.12. The zero-order valence-electron chi connectivity index (χ0n) is 21.1. The molecule has 0 saturated carbocycles. The second-order valence-electron chi connectivity index (χ2n) is 9.77. The van der Waals surface area contributed by atoms with Crippen molar-refractivity contribution < 1.29 is 4.48 Å². The van der Waals surface area contributed by atoms with Crippen LogP contribution in [0.15, 0.2) is 86.0 Å². The number of hydrogen-bond donors (Lipinski definition) is 0. The molecule has 1 heteroatoms. The molecule has 2 aromatic carbocycles. The van der Waals surface area contributed by atoms with Gasteiger partial charge in [0.2, 0.25) is 0 Å². The summed E-state index contributed by atoms with van der Waals surface area (Å²) >= 11 is 0. The molecule has 0 bridgehead atoms. The van der Waals surface area contributed by atoms with Crippen LogP contribution in [0.25, 0.3) is 0 Å². The lowest BCUT2D eigenvalue weighted by molar-refractivity contribution is -0.954. The van der Waals surface area contributed by atoms with Crippen molar-refractivity contribution in [1.29, 1.82) is 0 Å². The summed E-state index contributed by atoms with van der Waals surface area (Å²) in [6.07, 6.45) is 19.8. The summed E-state index contributed by atoms with van der Waals surface area (Å²) < 4.78 is 1.19. The Balaban J connectivity index is 2.04. The van der Waals surface area contributed by atoms with Gasteiger partial charge in [0.05, 0.1) is 13.1 Å². The lowest BCUT2D eigenvalue weighted by Crippen LogP contribution is -2.48. The Morgan fingerprint density at radius 1 is 0.485 bits per heavy atom. The average Bonchev–Trinajstić information content (AvgIpc) is 2.84. The van der Waals surface area contributed by atoms with Crippen LogP contribution in [0, 0.1) is 0 Å². The molecule has 0 aliphatic carbocycles. The first kappa shape index (κ1) is 27.1. The van der Waals surface area contributed by atoms with Crippen molar-refractivity contribution >= 4 is 0 Å². The highest BCUT2D eigenvalue weighted by Crippen LogP contribution is 2.24. The molecule has 0 aliphatic rings. The number of rotatable bonds is 20. The number of benzene rings is 2. The van der Waals surface area contributed by atoms with Crippen molar-refractivity contribution in [2.75, 3.05) is 13.1 Å². The molecule has 0 aromatic heterocycles. The van der Waals surface area contributed by atoms with Gasteiger partial charge in [0.25, 0.3) is 0 Å². The van der Waals surface area contributed by atoms with E-state index in [0.717, 1.165) is 25.9 Å². The van der Waals surface area contributed by atoms with E-state index in [0.29, 0.717) is 0 Å². The van der Waals surface area contributed by atoms with E-state index in [1.165, 1.54) is 92.9 Å². The molecule has 180 valence electrons. The summed E-state index contributed by atoms with van der Waals surface area (Å²) in [4.78, 5) is 0. The van der Waals surface area contributed by atoms with Gasteiger partial charge >= 0.3 is 0 Å². The van der Waals surface area contributed by atoms with Crippen LogP contribution >= 0.6 is 0 Å². The predicted octanol–water partition coefficient (Wildman–Crippen LogP) is 9.26. The first-order chi connectivity index (χ1) is 16.3. The van der Waals surface area contributed by atoms with Crippen LogP contribution in [-0.2, 0) is 13.1 Å². The van der Waals surface area contributed by atoms with Gasteiger partial charge in [0.15, 0.2) is 0 Å². The first-order valence-electron chi connectivity index (χ1n) is 13.4. The molecular formula is C32H48N+. The maximum Gasteiger partial charge on any atom is 0.105 e. The summed E-state index contributed by atoms with van der Waals surface area (Å²) in [6, 6.07) is 22.4. The van der Waals surface area contributed by atoms with Gasteiger partial charge in [0, 0.05) is 11.1 Å². The average molecular weight is 447 g/mol. The normalized spacial score (nSPS) is 11.4. The highest BCUT2D eigenvalue weighted by molar-refractivity contribution is 5.15. The number of quaternary nitrogens is 1. The minimum absolute atomic E-state index is 1.14. The van der Waals surface area contributed by atoms with E-state index in [-0.39, 0.29) is 0 Å². The van der Waals surface area contributed by atoms with Crippen molar-refractivity contribution in [2.45, 2.75) is 90.1 Å². The molecular weight excluding hydrogens is 398 g/mol. The summed E-state index contributed by atoms with van der Waals surface area (Å²) in [5, 5.41) is 0. The zero-order chi connectivity index (χ0) is 23.5. The van der Waals surface area contributed by atoms with Gasteiger partial charge < -0.3 is 4.48 Å². The monoisotopic (exact) mass is 446 g/mol. The Kier molecular flexibility index (Phi) is 14.3. The Bertz CT molecular complexity index is 668. The van der Waals surface area contributed by atoms with Gasteiger partial charge in [-0.25, -0.2) is 0 Å². The van der Waals surface area contributed by atoms with Crippen LogP contribution < -0.4 is 0 Å². The first-order valence-corrected chi connectivity index (χ1v) is 13.4. The summed E-state index contributed by atoms with van der Waals surface area (Å²) in [6.45, 7) is 12.6. The van der Waals surface area contributed by atoms with Crippen LogP contribution in [0.1, 0.15) is 88.2 Å². The van der Waals surface area contributed by atoms with E-state index < -0.39 is 0 Å². The quantitative estimate of drug-likeness (QED) is 0.108. The predicted molar refractivity (Wildman–Crippen MR) is 146 cm³/mol. The molecule has 0 fully saturated rings. The standard InChI is InChI=1S/C32H48N/c1-3-5-7-9-11-13-21-27-33(29-31-23-17-15-18-24-31,30-32-25-19-16-20-26-32)28-22-14-12-10-8-6-4-2/h3-4,15-20,23-26H,1-2,5-14,21-22,27-30H2/q+1. The summed E-state index contributed by atoms with van der Waals surface area (Å²) in [7, 11) is 0. The van der Waals surface area contributed by atoms with Gasteiger partial charge in [-0.05, 0) is 51.4 Å². The van der Waals surface area contributed by atoms with Crippen molar-refractivity contribution in [3.05, 3.63) is 97.1 Å². The molecule has 2 rings (SSSR count). The second-order valence-corrected chi connectivity index (χ2v) is 9.77. The third-order valence-corrected chi connectivity index (χ3v) is 6.80. The van der Waals surface area contributed by atoms with E-state index in [1.807, 2.05) is 0 Å². The van der Waals surface area contributed by atoms with Crippen molar-refractivity contribution in [3.63, 3.8) is 0 Å². The Morgan fingerprint density at radius 2 is 0.848 bits per heavy atom. The van der Waals surface area contributed by atoms with Crippen molar-refractivity contribution in [2.24, 2.45) is 0 Å². The number of allylic oxidation sites excluding steroid dienone is 2. The topological polar surface area (TPSA) is 0 Å². The molecule has 2 aromatic rings. The van der Waals surface area contributed by atoms with Gasteiger partial charge in [0.1, 0.15) is 13.1 Å². The largest absolute Gasteiger partial charge is 0.316 e. The zero-order valence-corrected chi connectivity index (χ0v) is 21.1. The third kappa shape index (κ3) is 12.1. The molecule has 0 aliphatic heterocycles. The molecule has 0 radical (unpaired) electrons. The lowest BCUT2D eigenvalue weighted by atomic mass is 10.0. The maximum atomic E-state index is 3.86. The van der Waals surface area contributed by atoms with E-state index in [4.69, 9.17) is 0 Å². The van der Waals surface area contributed by atoms with E-state index >= 15 is 0 Å². The molecule has 0 amide bonds. The number of hydrogen-bond acceptors (Lipinski definition) is 0. The highest BCUT2D eigenvalue weighted by Gasteiger charge is 2.27. The Morgan fingerprint density at radius 3 is 1.24 bits per heavy atom. The molecule has 0 heterocycles. The summed E-state index contributed by atoms with van der Waals surface area (Å²) in [5.74, 6) is 0. The van der Waals surface area contributed by atoms with Gasteiger partial charge in [-0.2, -0.15) is 0 Å². The lowest BCUT2D eigenvalue weighted by Gasteiger charge is -2.39. The van der Waals surface area contributed by atoms with Gasteiger partial charge in [-0.3, -0.25) is 0 Å². The van der Waals surface area contributed by atoms with Crippen LogP contribution in [0.4, 0.5) is 0 Å². The van der Waals surface area contributed by atoms with E-state index in [2.05, 4.69) is 86.0 Å². The van der Waals surface area contributed by atoms with Crippen LogP contribution in [0.2, 0.25) is 0 Å². The van der Waals surface area contributed by atoms with Crippen molar-refractivity contribution in [3.8, 4) is 0 Å². The molecule has 0 unspecified atom stereocenters. The number of unbranched alkanes of at least 4 members (excludes halogenated alkanes) is 10. The fourth-order valence-electron chi connectivity index (χ4n) is 4.96. The highest BCUT2D eigenvalue weighted by atomic mass is 15.3. The smallest absolute Gasteiger partial charge is 0.105 e. The molecule has 0 atom stereocenters. The van der Waals surface area contributed by atoms with Crippen LogP contribution in [0.5, 0.6) is 0 Å². The van der Waals surface area contributed by atoms with Gasteiger partial charge in [-0.15, -0.1) is 13.2 Å². The third-order valence-electron chi connectivity index (χ3n) is 6.80. The van der Waals surface area contributed by atoms with E-state index in [1.54, 1.807) is 0 Å². The van der Waals surface area contributed by atoms with Crippen LogP contribution in [0.3, 0.4) is 0 Å². The molecule has 0 spiro atoms. The fraction of sp³-hybridized carbons (Fsp3) is 0.500. The minimum Gasteiger partial charge on any atom is -0.316 e. The SMILES string of the molecule is C=CCCCCCCC[N+](CCCCCCCC=C)(Cc1ccccc1)Cc1ccccc1. The van der Waals surface area contributed by atoms with Crippen molar-refractivity contribution in [1.82, 2.24) is 0 Å². The molecule has 0 saturated heterocycles. The molecule has 0 N–H and O–H groups in total. The summed E-state index contributed by atoms with van der Waals surface area (Å²) in [5.41, 5.74) is 2.95. The second kappa shape index (κ2) is 17.4. The fourth-order valence-corrected chi connectivity index (χ4v) is 4.96. The van der Waals surface area contributed by atoms with Gasteiger partial charge in [-0.1, -0.05) is 98.5 Å². The van der Waals surface area contributed by atoms with E-state index in [9.17, 15) is 0 Å². The minimum atomic E-state index is 1.14. The maximum absolute atomic E-state index is 3.86. The van der Waals surface area contributed by atoms with Crippen LogP contribution in [-0.4, -0.2) is 17.6 Å². The molecule has 1 nitrogen and oxygen atoms in total.